The van der Waals surface area contributed by atoms with Crippen LogP contribution in [0, 0.1) is 5.92 Å². The van der Waals surface area contributed by atoms with Crippen LogP contribution < -0.4 is 10.2 Å². The van der Waals surface area contributed by atoms with Crippen molar-refractivity contribution in [2.75, 3.05) is 5.75 Å². The Kier molecular flexibility index (Phi) is 6.90. The standard InChI is InChI=1S/C17H19ClN2O4S/c1-2-7-25-17-19-9-12(8-13(15(21)22)16(23)24)20(17)10-11-5-3-4-6-14(11)18/h3-6,9,13H,2,7-8,10H2,1H3,(H,21,22)(H,23,24)/p-2. The van der Waals surface area contributed by atoms with Gasteiger partial charge in [-0.25, -0.2) is 4.98 Å². The fourth-order valence-corrected chi connectivity index (χ4v) is 3.35. The van der Waals surface area contributed by atoms with E-state index in [2.05, 4.69) is 4.98 Å². The van der Waals surface area contributed by atoms with E-state index in [1.807, 2.05) is 25.1 Å². The van der Waals surface area contributed by atoms with Gasteiger partial charge in [-0.1, -0.05) is 48.5 Å². The molecule has 2 rings (SSSR count). The van der Waals surface area contributed by atoms with E-state index < -0.39 is 17.9 Å². The van der Waals surface area contributed by atoms with E-state index in [0.29, 0.717) is 22.4 Å². The van der Waals surface area contributed by atoms with E-state index >= 15 is 0 Å². The molecule has 0 amide bonds. The number of hydrogen-bond donors (Lipinski definition) is 0. The average molecular weight is 381 g/mol. The lowest BCUT2D eigenvalue weighted by Gasteiger charge is -2.20. The van der Waals surface area contributed by atoms with Gasteiger partial charge in [0.05, 0.1) is 18.5 Å². The maximum atomic E-state index is 11.1. The van der Waals surface area contributed by atoms with E-state index in [9.17, 15) is 19.8 Å². The first-order valence-electron chi connectivity index (χ1n) is 7.76. The number of benzene rings is 1. The summed E-state index contributed by atoms with van der Waals surface area (Å²) in [5.74, 6) is -4.24. The zero-order valence-corrected chi connectivity index (χ0v) is 15.2. The van der Waals surface area contributed by atoms with Gasteiger partial charge in [-0.15, -0.1) is 0 Å². The molecule has 0 atom stereocenters. The molecule has 8 heteroatoms. The third-order valence-electron chi connectivity index (χ3n) is 3.61. The molecule has 0 bridgehead atoms. The van der Waals surface area contributed by atoms with Crippen molar-refractivity contribution in [2.45, 2.75) is 31.5 Å². The van der Waals surface area contributed by atoms with Crippen molar-refractivity contribution in [3.8, 4) is 0 Å². The molecule has 0 unspecified atom stereocenters. The van der Waals surface area contributed by atoms with Gasteiger partial charge in [0.2, 0.25) is 0 Å². The maximum absolute atomic E-state index is 11.1. The SMILES string of the molecule is CCCSc1ncc(CC(C(=O)[O-])C(=O)[O-])n1Cc1ccccc1Cl. The molecule has 0 saturated heterocycles. The highest BCUT2D eigenvalue weighted by Gasteiger charge is 2.18. The first-order valence-corrected chi connectivity index (χ1v) is 9.12. The number of halogens is 1. The number of nitrogens with zero attached hydrogens (tertiary/aromatic N) is 2. The third kappa shape index (κ3) is 4.99. The zero-order valence-electron chi connectivity index (χ0n) is 13.6. The molecule has 0 saturated carbocycles. The number of carboxylic acid groups (broad SMARTS) is 2. The van der Waals surface area contributed by atoms with Crippen molar-refractivity contribution in [3.63, 3.8) is 0 Å². The van der Waals surface area contributed by atoms with Crippen LogP contribution in [0.5, 0.6) is 0 Å². The number of aromatic nitrogens is 2. The van der Waals surface area contributed by atoms with Crippen molar-refractivity contribution in [1.82, 2.24) is 9.55 Å². The van der Waals surface area contributed by atoms with Gasteiger partial charge >= 0.3 is 0 Å². The Labute approximate surface area is 154 Å². The van der Waals surface area contributed by atoms with Crippen LogP contribution in [0.15, 0.2) is 35.6 Å². The molecule has 2 aromatic rings. The number of thioether (sulfide) groups is 1. The molecule has 1 aromatic carbocycles. The van der Waals surface area contributed by atoms with Gasteiger partial charge in [0.1, 0.15) is 0 Å². The molecule has 0 aliphatic rings. The van der Waals surface area contributed by atoms with Gasteiger partial charge < -0.3 is 24.4 Å². The molecule has 1 aromatic heterocycles. The molecule has 0 aliphatic carbocycles. The lowest BCUT2D eigenvalue weighted by Crippen LogP contribution is -2.44. The number of imidazole rings is 1. The second-order valence-electron chi connectivity index (χ2n) is 5.45. The van der Waals surface area contributed by atoms with Crippen molar-refractivity contribution < 1.29 is 19.8 Å². The van der Waals surface area contributed by atoms with Crippen molar-refractivity contribution in [1.29, 1.82) is 0 Å². The lowest BCUT2D eigenvalue weighted by molar-refractivity contribution is -0.331. The summed E-state index contributed by atoms with van der Waals surface area (Å²) in [6.07, 6.45) is 2.18. The highest BCUT2D eigenvalue weighted by molar-refractivity contribution is 7.99. The second-order valence-corrected chi connectivity index (χ2v) is 6.92. The second kappa shape index (κ2) is 8.92. The van der Waals surface area contributed by atoms with E-state index in [-0.39, 0.29) is 6.42 Å². The third-order valence-corrected chi connectivity index (χ3v) is 5.17. The smallest absolute Gasteiger partial charge is 0.168 e. The maximum Gasteiger partial charge on any atom is 0.168 e. The molecule has 0 N–H and O–H groups in total. The van der Waals surface area contributed by atoms with Crippen LogP contribution in [0.25, 0.3) is 0 Å². The Morgan fingerprint density at radius 2 is 1.96 bits per heavy atom. The first-order chi connectivity index (χ1) is 11.9. The minimum atomic E-state index is -1.73. The summed E-state index contributed by atoms with van der Waals surface area (Å²) in [4.78, 5) is 26.4. The van der Waals surface area contributed by atoms with Crippen LogP contribution in [-0.4, -0.2) is 27.2 Å². The Bertz CT molecular complexity index is 749. The van der Waals surface area contributed by atoms with Crippen molar-refractivity contribution in [3.05, 3.63) is 46.7 Å². The number of carboxylic acids is 2. The summed E-state index contributed by atoms with van der Waals surface area (Å²) in [5.41, 5.74) is 1.32. The predicted molar refractivity (Wildman–Crippen MR) is 91.0 cm³/mol. The Morgan fingerprint density at radius 3 is 2.56 bits per heavy atom. The monoisotopic (exact) mass is 380 g/mol. The van der Waals surface area contributed by atoms with Crippen LogP contribution in [-0.2, 0) is 22.6 Å². The van der Waals surface area contributed by atoms with Crippen LogP contribution >= 0.6 is 23.4 Å². The molecule has 25 heavy (non-hydrogen) atoms. The minimum absolute atomic E-state index is 0.255. The van der Waals surface area contributed by atoms with E-state index in [4.69, 9.17) is 11.6 Å². The fraction of sp³-hybridized carbons (Fsp3) is 0.353. The molecule has 0 aliphatic heterocycles. The Hall–Kier alpha value is -1.99. The van der Waals surface area contributed by atoms with E-state index in [1.165, 1.54) is 18.0 Å². The van der Waals surface area contributed by atoms with Crippen LogP contribution in [0.3, 0.4) is 0 Å². The van der Waals surface area contributed by atoms with E-state index in [1.54, 1.807) is 10.6 Å². The van der Waals surface area contributed by atoms with Gasteiger partial charge in [-0.3, -0.25) is 0 Å². The molecule has 1 heterocycles. The first kappa shape index (κ1) is 19.3. The predicted octanol–water partition coefficient (Wildman–Crippen LogP) is 0.745. The van der Waals surface area contributed by atoms with Crippen LogP contribution in [0.1, 0.15) is 24.6 Å². The van der Waals surface area contributed by atoms with Gasteiger partial charge in [0.25, 0.3) is 0 Å². The average Bonchev–Trinajstić information content (AvgIpc) is 2.94. The number of hydrogen-bond acceptors (Lipinski definition) is 6. The topological polar surface area (TPSA) is 98.1 Å². The number of aliphatic carboxylic acids is 2. The summed E-state index contributed by atoms with van der Waals surface area (Å²) in [5, 5.41) is 23.4. The largest absolute Gasteiger partial charge is 0.549 e. The summed E-state index contributed by atoms with van der Waals surface area (Å²) in [7, 11) is 0. The quantitative estimate of drug-likeness (QED) is 0.470. The van der Waals surface area contributed by atoms with Gasteiger partial charge in [-0.05, 0) is 18.1 Å². The summed E-state index contributed by atoms with van der Waals surface area (Å²) >= 11 is 7.73. The molecule has 6 nitrogen and oxygen atoms in total. The van der Waals surface area contributed by atoms with E-state index in [0.717, 1.165) is 17.7 Å². The highest BCUT2D eigenvalue weighted by atomic mass is 35.5. The van der Waals surface area contributed by atoms with Gasteiger partial charge in [0.15, 0.2) is 5.16 Å². The Morgan fingerprint density at radius 1 is 1.28 bits per heavy atom. The normalized spacial score (nSPS) is 11.0. The molecular weight excluding hydrogens is 364 g/mol. The number of carbonyl (C=O) groups excluding carboxylic acids is 2. The molecule has 0 spiro atoms. The minimum Gasteiger partial charge on any atom is -0.549 e. The number of rotatable bonds is 9. The van der Waals surface area contributed by atoms with Crippen LogP contribution in [0.2, 0.25) is 5.02 Å². The van der Waals surface area contributed by atoms with Crippen LogP contribution in [0.4, 0.5) is 0 Å². The zero-order chi connectivity index (χ0) is 18.4. The van der Waals surface area contributed by atoms with Crippen molar-refractivity contribution in [2.24, 2.45) is 5.92 Å². The lowest BCUT2D eigenvalue weighted by atomic mass is 10.0. The molecule has 0 fully saturated rings. The summed E-state index contributed by atoms with van der Waals surface area (Å²) in [6, 6.07) is 7.28. The summed E-state index contributed by atoms with van der Waals surface area (Å²) < 4.78 is 1.79. The summed E-state index contributed by atoms with van der Waals surface area (Å²) in [6.45, 7) is 2.41. The van der Waals surface area contributed by atoms with Gasteiger partial charge in [-0.2, -0.15) is 0 Å². The molecule has 0 radical (unpaired) electrons. The fourth-order valence-electron chi connectivity index (χ4n) is 2.30. The number of carbonyl (C=O) groups is 2. The molecule has 134 valence electrons. The highest BCUT2D eigenvalue weighted by Crippen LogP contribution is 2.25. The Balaban J connectivity index is 2.36. The van der Waals surface area contributed by atoms with Gasteiger partial charge in [0, 0.05) is 35.0 Å². The van der Waals surface area contributed by atoms with Crippen molar-refractivity contribution >= 4 is 35.3 Å². The molecular formula is C17H17ClN2O4S-2.